The Kier molecular flexibility index (Phi) is 7.94. The number of rotatable bonds is 9. The summed E-state index contributed by atoms with van der Waals surface area (Å²) in [5, 5.41) is 4.63. The number of halogens is 1. The Morgan fingerprint density at radius 1 is 1.27 bits per heavy atom. The fourth-order valence-corrected chi connectivity index (χ4v) is 2.96. The van der Waals surface area contributed by atoms with Gasteiger partial charge in [-0.15, -0.1) is 0 Å². The van der Waals surface area contributed by atoms with Gasteiger partial charge in [-0.05, 0) is 59.5 Å². The van der Waals surface area contributed by atoms with Crippen LogP contribution < -0.4 is 4.74 Å². The third kappa shape index (κ3) is 6.69. The molecular formula is C19H22ClNO4S. The average molecular weight is 396 g/mol. The minimum atomic E-state index is -0.404. The van der Waals surface area contributed by atoms with Crippen LogP contribution in [0.5, 0.6) is 5.75 Å². The van der Waals surface area contributed by atoms with Gasteiger partial charge in [-0.25, -0.2) is 0 Å². The number of aryl methyl sites for hydroxylation is 1. The summed E-state index contributed by atoms with van der Waals surface area (Å²) in [7, 11) is 1.69. The molecule has 26 heavy (non-hydrogen) atoms. The molecule has 0 fully saturated rings. The second-order valence-electron chi connectivity index (χ2n) is 5.91. The van der Waals surface area contributed by atoms with Crippen LogP contribution in [0.4, 0.5) is 0 Å². The minimum absolute atomic E-state index is 0.202. The molecule has 1 amide bonds. The maximum atomic E-state index is 12.0. The van der Waals surface area contributed by atoms with Gasteiger partial charge in [0.05, 0.1) is 6.61 Å². The second kappa shape index (κ2) is 10.2. The molecule has 0 aliphatic heterocycles. The summed E-state index contributed by atoms with van der Waals surface area (Å²) >= 11 is 7.54. The summed E-state index contributed by atoms with van der Waals surface area (Å²) in [6.07, 6.45) is 0.716. The van der Waals surface area contributed by atoms with Crippen LogP contribution in [-0.4, -0.2) is 37.0 Å². The number of nitrogens with zero attached hydrogens (tertiary/aromatic N) is 1. The molecule has 5 nitrogen and oxygen atoms in total. The van der Waals surface area contributed by atoms with Crippen molar-refractivity contribution in [2.45, 2.75) is 26.3 Å². The Morgan fingerprint density at radius 3 is 2.77 bits per heavy atom. The van der Waals surface area contributed by atoms with E-state index in [4.69, 9.17) is 21.1 Å². The number of thiophene rings is 1. The van der Waals surface area contributed by atoms with E-state index in [1.165, 1.54) is 0 Å². The predicted octanol–water partition coefficient (Wildman–Crippen LogP) is 4.07. The molecule has 2 aromatic rings. The molecule has 0 N–H and O–H groups in total. The van der Waals surface area contributed by atoms with Crippen molar-refractivity contribution in [2.24, 2.45) is 0 Å². The molecule has 1 aromatic heterocycles. The first-order chi connectivity index (χ1) is 12.5. The van der Waals surface area contributed by atoms with Crippen molar-refractivity contribution in [1.29, 1.82) is 0 Å². The fraction of sp³-hybridized carbons (Fsp3) is 0.368. The van der Waals surface area contributed by atoms with Gasteiger partial charge in [0.1, 0.15) is 5.75 Å². The maximum Gasteiger partial charge on any atom is 0.306 e. The van der Waals surface area contributed by atoms with Crippen LogP contribution in [-0.2, 0) is 20.9 Å². The Hall–Kier alpha value is -2.05. The molecule has 1 heterocycles. The van der Waals surface area contributed by atoms with Gasteiger partial charge in [0.2, 0.25) is 0 Å². The van der Waals surface area contributed by atoms with E-state index in [9.17, 15) is 9.59 Å². The summed E-state index contributed by atoms with van der Waals surface area (Å²) in [6, 6.07) is 7.37. The topological polar surface area (TPSA) is 55.8 Å². The van der Waals surface area contributed by atoms with Crippen molar-refractivity contribution in [2.75, 3.05) is 20.3 Å². The summed E-state index contributed by atoms with van der Waals surface area (Å²) in [4.78, 5) is 25.2. The molecule has 1 aromatic carbocycles. The third-order valence-electron chi connectivity index (χ3n) is 3.71. The lowest BCUT2D eigenvalue weighted by molar-refractivity contribution is -0.151. The number of carbonyl (C=O) groups excluding carboxylic acids is 2. The Morgan fingerprint density at radius 2 is 2.08 bits per heavy atom. The molecule has 0 spiro atoms. The number of ether oxygens (including phenoxy) is 2. The predicted molar refractivity (Wildman–Crippen MR) is 103 cm³/mol. The van der Waals surface area contributed by atoms with Gasteiger partial charge >= 0.3 is 5.97 Å². The zero-order valence-corrected chi connectivity index (χ0v) is 16.4. The van der Waals surface area contributed by atoms with Crippen molar-refractivity contribution in [3.63, 3.8) is 0 Å². The van der Waals surface area contributed by atoms with Gasteiger partial charge < -0.3 is 14.4 Å². The SMILES string of the molecule is Cc1cc(OCCCC(=O)OCC(=O)N(C)Cc2ccsc2)ccc1Cl. The van der Waals surface area contributed by atoms with E-state index >= 15 is 0 Å². The van der Waals surface area contributed by atoms with E-state index in [1.54, 1.807) is 35.4 Å². The zero-order valence-electron chi connectivity index (χ0n) is 14.9. The number of esters is 1. The summed E-state index contributed by atoms with van der Waals surface area (Å²) < 4.78 is 10.6. The maximum absolute atomic E-state index is 12.0. The zero-order chi connectivity index (χ0) is 18.9. The van der Waals surface area contributed by atoms with Gasteiger partial charge in [-0.1, -0.05) is 11.6 Å². The lowest BCUT2D eigenvalue weighted by Crippen LogP contribution is -2.30. The van der Waals surface area contributed by atoms with Crippen LogP contribution in [0.1, 0.15) is 24.0 Å². The van der Waals surface area contributed by atoms with Crippen molar-refractivity contribution in [3.8, 4) is 5.75 Å². The summed E-state index contributed by atoms with van der Waals surface area (Å²) in [5.41, 5.74) is 2.00. The van der Waals surface area contributed by atoms with Crippen LogP contribution in [0, 0.1) is 6.92 Å². The molecule has 0 saturated heterocycles. The quantitative estimate of drug-likeness (QED) is 0.474. The Labute approximate surface area is 162 Å². The molecule has 140 valence electrons. The molecule has 0 bridgehead atoms. The first-order valence-electron chi connectivity index (χ1n) is 8.25. The lowest BCUT2D eigenvalue weighted by Gasteiger charge is -2.16. The van der Waals surface area contributed by atoms with E-state index < -0.39 is 5.97 Å². The van der Waals surface area contributed by atoms with Crippen LogP contribution in [0.2, 0.25) is 5.02 Å². The molecule has 0 radical (unpaired) electrons. The number of hydrogen-bond donors (Lipinski definition) is 0. The van der Waals surface area contributed by atoms with Crippen LogP contribution in [0.15, 0.2) is 35.0 Å². The fourth-order valence-electron chi connectivity index (χ4n) is 2.18. The van der Waals surface area contributed by atoms with E-state index in [0.717, 1.165) is 11.1 Å². The second-order valence-corrected chi connectivity index (χ2v) is 7.09. The molecule has 7 heteroatoms. The van der Waals surface area contributed by atoms with Crippen molar-refractivity contribution < 1.29 is 19.1 Å². The van der Waals surface area contributed by atoms with Crippen molar-refractivity contribution in [1.82, 2.24) is 4.90 Å². The minimum Gasteiger partial charge on any atom is -0.494 e. The lowest BCUT2D eigenvalue weighted by atomic mass is 10.2. The summed E-state index contributed by atoms with van der Waals surface area (Å²) in [6.45, 7) is 2.56. The number of hydrogen-bond acceptors (Lipinski definition) is 5. The smallest absolute Gasteiger partial charge is 0.306 e. The van der Waals surface area contributed by atoms with E-state index in [-0.39, 0.29) is 18.9 Å². The first-order valence-corrected chi connectivity index (χ1v) is 9.57. The molecule has 0 saturated carbocycles. The molecule has 0 aliphatic rings. The molecular weight excluding hydrogens is 374 g/mol. The van der Waals surface area contributed by atoms with Crippen molar-refractivity contribution in [3.05, 3.63) is 51.2 Å². The molecule has 0 atom stereocenters. The highest BCUT2D eigenvalue weighted by molar-refractivity contribution is 7.07. The van der Waals surface area contributed by atoms with Gasteiger partial charge in [0, 0.05) is 25.0 Å². The third-order valence-corrected chi connectivity index (χ3v) is 4.86. The largest absolute Gasteiger partial charge is 0.494 e. The monoisotopic (exact) mass is 395 g/mol. The van der Waals surface area contributed by atoms with Gasteiger partial charge in [0.15, 0.2) is 6.61 Å². The molecule has 0 unspecified atom stereocenters. The van der Waals surface area contributed by atoms with Gasteiger partial charge in [-0.3, -0.25) is 9.59 Å². The average Bonchev–Trinajstić information content (AvgIpc) is 3.12. The van der Waals surface area contributed by atoms with E-state index in [2.05, 4.69) is 0 Å². The van der Waals surface area contributed by atoms with E-state index in [0.29, 0.717) is 30.3 Å². The first kappa shape index (κ1) is 20.3. The Balaban J connectivity index is 1.61. The van der Waals surface area contributed by atoms with E-state index in [1.807, 2.05) is 29.8 Å². The summed E-state index contributed by atoms with van der Waals surface area (Å²) in [5.74, 6) is 0.0844. The standard InChI is InChI=1S/C19H22ClNO4S/c1-14-10-16(5-6-17(14)20)24-8-3-4-19(23)25-12-18(22)21(2)11-15-7-9-26-13-15/h5-7,9-10,13H,3-4,8,11-12H2,1-2H3. The number of carbonyl (C=O) groups is 2. The highest BCUT2D eigenvalue weighted by Gasteiger charge is 2.12. The van der Waals surface area contributed by atoms with Crippen LogP contribution in [0.25, 0.3) is 0 Å². The van der Waals surface area contributed by atoms with Gasteiger partial charge in [0.25, 0.3) is 5.91 Å². The van der Waals surface area contributed by atoms with Gasteiger partial charge in [-0.2, -0.15) is 11.3 Å². The molecule has 2 rings (SSSR count). The van der Waals surface area contributed by atoms with Crippen LogP contribution in [0.3, 0.4) is 0 Å². The van der Waals surface area contributed by atoms with Crippen molar-refractivity contribution >= 4 is 34.8 Å². The number of likely N-dealkylation sites (N-methyl/N-ethyl adjacent to an activating group) is 1. The number of amides is 1. The highest BCUT2D eigenvalue weighted by Crippen LogP contribution is 2.21. The van der Waals surface area contributed by atoms with Crippen LogP contribution >= 0.6 is 22.9 Å². The highest BCUT2D eigenvalue weighted by atomic mass is 35.5. The number of benzene rings is 1. The molecule has 0 aliphatic carbocycles. The normalized spacial score (nSPS) is 10.4. The Bertz CT molecular complexity index is 733.